The summed E-state index contributed by atoms with van der Waals surface area (Å²) in [4.78, 5) is 0. The summed E-state index contributed by atoms with van der Waals surface area (Å²) < 4.78 is 0. The molecule has 2 N–H and O–H groups in total. The lowest BCUT2D eigenvalue weighted by Gasteiger charge is -2.00. The second kappa shape index (κ2) is 4.97. The molecule has 0 aromatic heterocycles. The van der Waals surface area contributed by atoms with Crippen molar-refractivity contribution in [3.8, 4) is 0 Å². The maximum absolute atomic E-state index is 5.86. The molecule has 0 aliphatic rings. The molecular weight excluding hydrogens is 234 g/mol. The molecular formula is C13H12ClN3. The molecule has 0 atom stereocenters. The van der Waals surface area contributed by atoms with Crippen molar-refractivity contribution in [2.75, 3.05) is 5.73 Å². The van der Waals surface area contributed by atoms with Gasteiger partial charge in [-0.1, -0.05) is 17.7 Å². The normalized spacial score (nSPS) is 10.9. The van der Waals surface area contributed by atoms with E-state index < -0.39 is 0 Å². The van der Waals surface area contributed by atoms with Crippen molar-refractivity contribution in [3.05, 3.63) is 53.1 Å². The van der Waals surface area contributed by atoms with Crippen molar-refractivity contribution in [1.29, 1.82) is 0 Å². The van der Waals surface area contributed by atoms with E-state index in [2.05, 4.69) is 10.2 Å². The number of hydrogen-bond acceptors (Lipinski definition) is 3. The van der Waals surface area contributed by atoms with E-state index >= 15 is 0 Å². The predicted molar refractivity (Wildman–Crippen MR) is 71.2 cm³/mol. The monoisotopic (exact) mass is 245 g/mol. The molecule has 0 fully saturated rings. The lowest BCUT2D eigenvalue weighted by Crippen LogP contribution is -1.84. The highest BCUT2D eigenvalue weighted by Gasteiger charge is 1.97. The van der Waals surface area contributed by atoms with E-state index in [1.54, 1.807) is 18.2 Å². The van der Waals surface area contributed by atoms with Crippen molar-refractivity contribution in [2.45, 2.75) is 6.92 Å². The van der Waals surface area contributed by atoms with Gasteiger partial charge in [0.05, 0.1) is 11.4 Å². The molecule has 0 spiro atoms. The Labute approximate surface area is 105 Å². The van der Waals surface area contributed by atoms with Crippen LogP contribution < -0.4 is 5.73 Å². The quantitative estimate of drug-likeness (QED) is 0.608. The molecule has 0 amide bonds. The first-order chi connectivity index (χ1) is 8.15. The van der Waals surface area contributed by atoms with Gasteiger partial charge in [-0.3, -0.25) is 0 Å². The Bertz CT molecular complexity index is 564. The smallest absolute Gasteiger partial charge is 0.0887 e. The van der Waals surface area contributed by atoms with E-state index in [1.165, 1.54) is 0 Å². The Balaban J connectivity index is 2.26. The van der Waals surface area contributed by atoms with Gasteiger partial charge in [-0.15, -0.1) is 0 Å². The minimum absolute atomic E-state index is 0.649. The van der Waals surface area contributed by atoms with Crippen LogP contribution in [0.25, 0.3) is 0 Å². The van der Waals surface area contributed by atoms with Gasteiger partial charge < -0.3 is 5.73 Å². The van der Waals surface area contributed by atoms with Gasteiger partial charge in [0, 0.05) is 10.7 Å². The molecule has 17 heavy (non-hydrogen) atoms. The fourth-order valence-electron chi connectivity index (χ4n) is 1.44. The van der Waals surface area contributed by atoms with Crippen LogP contribution in [0.5, 0.6) is 0 Å². The molecule has 0 saturated carbocycles. The number of benzene rings is 2. The van der Waals surface area contributed by atoms with Crippen molar-refractivity contribution in [3.63, 3.8) is 0 Å². The third-order valence-electron chi connectivity index (χ3n) is 2.30. The summed E-state index contributed by atoms with van der Waals surface area (Å²) in [6.07, 6.45) is 0. The Morgan fingerprint density at radius 1 is 1.06 bits per heavy atom. The molecule has 86 valence electrons. The van der Waals surface area contributed by atoms with E-state index in [-0.39, 0.29) is 0 Å². The van der Waals surface area contributed by atoms with Crippen LogP contribution in [0.3, 0.4) is 0 Å². The lowest BCUT2D eigenvalue weighted by molar-refractivity contribution is 1.21. The van der Waals surface area contributed by atoms with E-state index in [4.69, 9.17) is 17.3 Å². The Morgan fingerprint density at radius 3 is 2.59 bits per heavy atom. The average molecular weight is 246 g/mol. The van der Waals surface area contributed by atoms with Crippen LogP contribution in [0.15, 0.2) is 52.7 Å². The summed E-state index contributed by atoms with van der Waals surface area (Å²) in [6.45, 7) is 1.95. The average Bonchev–Trinajstić information content (AvgIpc) is 2.28. The van der Waals surface area contributed by atoms with Gasteiger partial charge in [-0.2, -0.15) is 10.2 Å². The number of hydrogen-bond donors (Lipinski definition) is 1. The number of halogens is 1. The van der Waals surface area contributed by atoms with Crippen molar-refractivity contribution < 1.29 is 0 Å². The first-order valence-electron chi connectivity index (χ1n) is 5.18. The van der Waals surface area contributed by atoms with Crippen LogP contribution >= 0.6 is 11.6 Å². The van der Waals surface area contributed by atoms with Crippen LogP contribution in [-0.2, 0) is 0 Å². The second-order valence-corrected chi connectivity index (χ2v) is 4.16. The fraction of sp³-hybridized carbons (Fsp3) is 0.0769. The highest BCUT2D eigenvalue weighted by atomic mass is 35.5. The summed E-state index contributed by atoms with van der Waals surface area (Å²) in [5.41, 5.74) is 8.92. The number of aryl methyl sites for hydroxylation is 1. The summed E-state index contributed by atoms with van der Waals surface area (Å²) in [7, 11) is 0. The largest absolute Gasteiger partial charge is 0.399 e. The molecule has 0 bridgehead atoms. The highest BCUT2D eigenvalue weighted by molar-refractivity contribution is 6.30. The zero-order valence-corrected chi connectivity index (χ0v) is 10.1. The number of nitrogens with two attached hydrogens (primary N) is 1. The van der Waals surface area contributed by atoms with E-state index in [0.717, 1.165) is 22.6 Å². The third-order valence-corrected chi connectivity index (χ3v) is 2.54. The van der Waals surface area contributed by atoms with E-state index in [9.17, 15) is 0 Å². The zero-order chi connectivity index (χ0) is 12.3. The molecule has 0 heterocycles. The van der Waals surface area contributed by atoms with Crippen LogP contribution in [0.1, 0.15) is 5.56 Å². The molecule has 0 saturated heterocycles. The molecule has 4 heteroatoms. The van der Waals surface area contributed by atoms with Crippen molar-refractivity contribution in [2.24, 2.45) is 10.2 Å². The van der Waals surface area contributed by atoms with E-state index in [0.29, 0.717) is 5.02 Å². The maximum Gasteiger partial charge on any atom is 0.0887 e. The summed E-state index contributed by atoms with van der Waals surface area (Å²) in [5.74, 6) is 0. The topological polar surface area (TPSA) is 50.7 Å². The number of anilines is 1. The molecule has 0 aliphatic carbocycles. The lowest BCUT2D eigenvalue weighted by atomic mass is 10.2. The summed E-state index contributed by atoms with van der Waals surface area (Å²) in [6, 6.07) is 12.8. The SMILES string of the molecule is Cc1cc(N)ccc1/N=N/c1cccc(Cl)c1. The van der Waals surface area contributed by atoms with Crippen molar-refractivity contribution >= 4 is 28.7 Å². The minimum Gasteiger partial charge on any atom is -0.399 e. The Morgan fingerprint density at radius 2 is 1.88 bits per heavy atom. The predicted octanol–water partition coefficient (Wildman–Crippen LogP) is 4.65. The molecule has 2 rings (SSSR count). The molecule has 2 aromatic rings. The first-order valence-corrected chi connectivity index (χ1v) is 5.56. The van der Waals surface area contributed by atoms with Gasteiger partial charge in [0.1, 0.15) is 0 Å². The Hall–Kier alpha value is -1.87. The Kier molecular flexibility index (Phi) is 3.40. The van der Waals surface area contributed by atoms with Gasteiger partial charge >= 0.3 is 0 Å². The van der Waals surface area contributed by atoms with E-state index in [1.807, 2.05) is 31.2 Å². The van der Waals surface area contributed by atoms with Crippen LogP contribution in [0.4, 0.5) is 17.1 Å². The highest BCUT2D eigenvalue weighted by Crippen LogP contribution is 2.24. The molecule has 2 aromatic carbocycles. The molecule has 0 unspecified atom stereocenters. The first kappa shape index (κ1) is 11.6. The van der Waals surface area contributed by atoms with Crippen LogP contribution in [0, 0.1) is 6.92 Å². The van der Waals surface area contributed by atoms with Gasteiger partial charge in [-0.05, 0) is 48.9 Å². The maximum atomic E-state index is 5.86. The van der Waals surface area contributed by atoms with Crippen molar-refractivity contribution in [1.82, 2.24) is 0 Å². The van der Waals surface area contributed by atoms with Gasteiger partial charge in [0.2, 0.25) is 0 Å². The van der Waals surface area contributed by atoms with Gasteiger partial charge in [0.15, 0.2) is 0 Å². The number of rotatable bonds is 2. The number of nitrogen functional groups attached to an aromatic ring is 1. The zero-order valence-electron chi connectivity index (χ0n) is 9.39. The molecule has 3 nitrogen and oxygen atoms in total. The summed E-state index contributed by atoms with van der Waals surface area (Å²) in [5, 5.41) is 8.95. The second-order valence-electron chi connectivity index (χ2n) is 3.73. The molecule has 0 aliphatic heterocycles. The van der Waals surface area contributed by atoms with Gasteiger partial charge in [-0.25, -0.2) is 0 Å². The minimum atomic E-state index is 0.649. The third kappa shape index (κ3) is 3.04. The van der Waals surface area contributed by atoms with Gasteiger partial charge in [0.25, 0.3) is 0 Å². The van der Waals surface area contributed by atoms with Crippen LogP contribution in [-0.4, -0.2) is 0 Å². The summed E-state index contributed by atoms with van der Waals surface area (Å²) >= 11 is 5.86. The molecule has 0 radical (unpaired) electrons. The fourth-order valence-corrected chi connectivity index (χ4v) is 1.63. The number of azo groups is 1. The standard InChI is InChI=1S/C13H12ClN3/c1-9-7-11(15)5-6-13(9)17-16-12-4-2-3-10(14)8-12/h2-8H,15H2,1H3/b17-16+. The number of nitrogens with zero attached hydrogens (tertiary/aromatic N) is 2. The van der Waals surface area contributed by atoms with Crippen LogP contribution in [0.2, 0.25) is 5.02 Å².